The third-order valence-electron chi connectivity index (χ3n) is 5.19. The first-order valence-corrected chi connectivity index (χ1v) is 9.52. The van der Waals surface area contributed by atoms with Crippen molar-refractivity contribution in [1.82, 2.24) is 9.97 Å². The molecule has 2 fully saturated rings. The highest BCUT2D eigenvalue weighted by atomic mass is 19.1. The summed E-state index contributed by atoms with van der Waals surface area (Å²) in [5.74, 6) is 2.17. The average molecular weight is 382 g/mol. The summed E-state index contributed by atoms with van der Waals surface area (Å²) in [6, 6.07) is 8.71. The number of piperazine rings is 1. The molecule has 4 rings (SSSR count). The van der Waals surface area contributed by atoms with Gasteiger partial charge in [0, 0.05) is 51.0 Å². The van der Waals surface area contributed by atoms with E-state index in [1.54, 1.807) is 6.07 Å². The lowest BCUT2D eigenvalue weighted by Gasteiger charge is -2.37. The molecule has 1 aromatic carbocycles. The van der Waals surface area contributed by atoms with Gasteiger partial charge in [0.2, 0.25) is 0 Å². The second kappa shape index (κ2) is 7.98. The zero-order valence-electron chi connectivity index (χ0n) is 15.9. The monoisotopic (exact) mass is 382 g/mol. The first kappa shape index (κ1) is 18.4. The lowest BCUT2D eigenvalue weighted by Crippen LogP contribution is -2.47. The fourth-order valence-corrected chi connectivity index (χ4v) is 3.64. The first-order valence-electron chi connectivity index (χ1n) is 9.52. The highest BCUT2D eigenvalue weighted by Crippen LogP contribution is 2.24. The number of halogens is 1. The van der Waals surface area contributed by atoms with E-state index >= 15 is 0 Å². The average Bonchev–Trinajstić information content (AvgIpc) is 2.74. The molecule has 2 aliphatic heterocycles. The maximum absolute atomic E-state index is 13.9. The van der Waals surface area contributed by atoms with Crippen LogP contribution in [0.2, 0.25) is 0 Å². The van der Waals surface area contributed by atoms with Crippen LogP contribution in [0.4, 0.5) is 21.7 Å². The number of aryl methyl sites for hydroxylation is 1. The van der Waals surface area contributed by atoms with Crippen molar-refractivity contribution in [3.8, 4) is 6.07 Å². The van der Waals surface area contributed by atoms with E-state index in [-0.39, 0.29) is 5.56 Å². The number of nitriles is 1. The Bertz CT molecular complexity index is 885. The first-order chi connectivity index (χ1) is 13.6. The minimum absolute atomic E-state index is 0.0782. The van der Waals surface area contributed by atoms with E-state index in [1.807, 2.05) is 19.1 Å². The molecule has 0 unspecified atom stereocenters. The van der Waals surface area contributed by atoms with Crippen LogP contribution in [0.25, 0.3) is 0 Å². The summed E-state index contributed by atoms with van der Waals surface area (Å²) in [4.78, 5) is 15.8. The van der Waals surface area contributed by atoms with E-state index in [2.05, 4.69) is 30.7 Å². The number of anilines is 3. The molecule has 7 nitrogen and oxygen atoms in total. The van der Waals surface area contributed by atoms with Gasteiger partial charge in [0.05, 0.1) is 18.8 Å². The molecule has 0 N–H and O–H groups in total. The quantitative estimate of drug-likeness (QED) is 0.804. The predicted octanol–water partition coefficient (Wildman–Crippen LogP) is 1.96. The maximum atomic E-state index is 13.9. The van der Waals surface area contributed by atoms with E-state index in [1.165, 1.54) is 6.07 Å². The maximum Gasteiger partial charge on any atom is 0.143 e. The molecule has 0 spiro atoms. The molecule has 0 radical (unpaired) electrons. The Morgan fingerprint density at radius 2 is 1.54 bits per heavy atom. The Labute approximate surface area is 164 Å². The number of hydrogen-bond donors (Lipinski definition) is 0. The molecular formula is C20H23FN6O. The van der Waals surface area contributed by atoms with Gasteiger partial charge in [0.1, 0.15) is 29.3 Å². The van der Waals surface area contributed by atoms with E-state index in [9.17, 15) is 4.39 Å². The summed E-state index contributed by atoms with van der Waals surface area (Å²) in [7, 11) is 0. The van der Waals surface area contributed by atoms with E-state index < -0.39 is 5.82 Å². The highest BCUT2D eigenvalue weighted by Gasteiger charge is 2.21. The topological polar surface area (TPSA) is 68.5 Å². The third kappa shape index (κ3) is 3.85. The molecule has 28 heavy (non-hydrogen) atoms. The zero-order valence-corrected chi connectivity index (χ0v) is 15.9. The fourth-order valence-electron chi connectivity index (χ4n) is 3.64. The number of ether oxygens (including phenoxy) is 1. The van der Waals surface area contributed by atoms with Crippen molar-refractivity contribution < 1.29 is 9.13 Å². The van der Waals surface area contributed by atoms with Crippen LogP contribution < -0.4 is 14.7 Å². The van der Waals surface area contributed by atoms with Gasteiger partial charge in [0.15, 0.2) is 0 Å². The summed E-state index contributed by atoms with van der Waals surface area (Å²) in [5, 5.41) is 8.89. The van der Waals surface area contributed by atoms with Gasteiger partial charge in [-0.05, 0) is 25.1 Å². The molecule has 2 aromatic rings. The van der Waals surface area contributed by atoms with Crippen molar-refractivity contribution in [2.24, 2.45) is 0 Å². The van der Waals surface area contributed by atoms with Gasteiger partial charge in [-0.2, -0.15) is 5.26 Å². The molecular weight excluding hydrogens is 359 g/mol. The normalized spacial score (nSPS) is 17.5. The van der Waals surface area contributed by atoms with Gasteiger partial charge in [-0.1, -0.05) is 0 Å². The molecule has 2 saturated heterocycles. The van der Waals surface area contributed by atoms with Crippen molar-refractivity contribution in [1.29, 1.82) is 5.26 Å². The Kier molecular flexibility index (Phi) is 5.26. The van der Waals surface area contributed by atoms with Crippen LogP contribution in [0.1, 0.15) is 11.4 Å². The van der Waals surface area contributed by atoms with Crippen LogP contribution >= 0.6 is 0 Å². The smallest absolute Gasteiger partial charge is 0.143 e. The largest absolute Gasteiger partial charge is 0.378 e. The predicted molar refractivity (Wildman–Crippen MR) is 105 cm³/mol. The second-order valence-electron chi connectivity index (χ2n) is 6.98. The van der Waals surface area contributed by atoms with Crippen molar-refractivity contribution in [2.45, 2.75) is 6.92 Å². The van der Waals surface area contributed by atoms with Gasteiger partial charge in [-0.15, -0.1) is 0 Å². The fraction of sp³-hybridized carbons (Fsp3) is 0.450. The zero-order chi connectivity index (χ0) is 19.5. The molecule has 0 aliphatic carbocycles. The van der Waals surface area contributed by atoms with Crippen LogP contribution in [-0.4, -0.2) is 62.5 Å². The molecule has 0 bridgehead atoms. The van der Waals surface area contributed by atoms with Crippen LogP contribution in [0.5, 0.6) is 0 Å². The Balaban J connectivity index is 1.45. The van der Waals surface area contributed by atoms with E-state index in [0.717, 1.165) is 75.6 Å². The second-order valence-corrected chi connectivity index (χ2v) is 6.98. The Morgan fingerprint density at radius 3 is 2.14 bits per heavy atom. The lowest BCUT2D eigenvalue weighted by molar-refractivity contribution is 0.122. The summed E-state index contributed by atoms with van der Waals surface area (Å²) >= 11 is 0. The van der Waals surface area contributed by atoms with Gasteiger partial charge in [-0.3, -0.25) is 0 Å². The number of benzene rings is 1. The van der Waals surface area contributed by atoms with Crippen molar-refractivity contribution in [2.75, 3.05) is 67.2 Å². The molecule has 0 amide bonds. The molecule has 1 aromatic heterocycles. The van der Waals surface area contributed by atoms with Crippen molar-refractivity contribution in [3.63, 3.8) is 0 Å². The van der Waals surface area contributed by atoms with E-state index in [4.69, 9.17) is 10.00 Å². The molecule has 146 valence electrons. The van der Waals surface area contributed by atoms with Crippen LogP contribution in [0.3, 0.4) is 0 Å². The summed E-state index contributed by atoms with van der Waals surface area (Å²) in [5.41, 5.74) is 0.888. The molecule has 8 heteroatoms. The van der Waals surface area contributed by atoms with Crippen LogP contribution in [0.15, 0.2) is 24.3 Å². The molecule has 3 heterocycles. The van der Waals surface area contributed by atoms with Crippen molar-refractivity contribution >= 4 is 17.3 Å². The number of rotatable bonds is 3. The third-order valence-corrected chi connectivity index (χ3v) is 5.19. The lowest BCUT2D eigenvalue weighted by atomic mass is 10.2. The summed E-state index contributed by atoms with van der Waals surface area (Å²) in [6.45, 7) is 8.16. The Morgan fingerprint density at radius 1 is 0.929 bits per heavy atom. The van der Waals surface area contributed by atoms with Gasteiger partial charge < -0.3 is 19.4 Å². The highest BCUT2D eigenvalue weighted by molar-refractivity contribution is 5.55. The van der Waals surface area contributed by atoms with Gasteiger partial charge in [-0.25, -0.2) is 14.4 Å². The summed E-state index contributed by atoms with van der Waals surface area (Å²) in [6.07, 6.45) is 0. The number of nitrogens with zero attached hydrogens (tertiary/aromatic N) is 6. The van der Waals surface area contributed by atoms with Gasteiger partial charge in [0.25, 0.3) is 0 Å². The molecule has 2 aliphatic rings. The van der Waals surface area contributed by atoms with Crippen molar-refractivity contribution in [3.05, 3.63) is 41.5 Å². The van der Waals surface area contributed by atoms with Crippen LogP contribution in [-0.2, 0) is 4.74 Å². The van der Waals surface area contributed by atoms with Gasteiger partial charge >= 0.3 is 0 Å². The molecule has 0 atom stereocenters. The molecule has 0 saturated carbocycles. The number of hydrogen-bond acceptors (Lipinski definition) is 7. The minimum atomic E-state index is -0.469. The Hall–Kier alpha value is -2.92. The SMILES string of the molecule is Cc1nc(N2CCOCC2)cc(N2CCN(c3ccc(C#N)c(F)c3)CC2)n1. The van der Waals surface area contributed by atoms with Crippen LogP contribution in [0, 0.1) is 24.1 Å². The number of morpholine rings is 1. The standard InChI is InChI=1S/C20H23FN6O/c1-15-23-19(13-20(24-15)27-8-10-28-11-9-27)26-6-4-25(5-7-26)17-3-2-16(14-22)18(21)12-17/h2-3,12-13H,4-11H2,1H3. The minimum Gasteiger partial charge on any atom is -0.378 e. The van der Waals surface area contributed by atoms with E-state index in [0.29, 0.717) is 0 Å². The number of aromatic nitrogens is 2. The summed E-state index contributed by atoms with van der Waals surface area (Å²) < 4.78 is 19.4.